The lowest BCUT2D eigenvalue weighted by molar-refractivity contribution is -0.150. The van der Waals surface area contributed by atoms with Gasteiger partial charge in [0.05, 0.1) is 4.90 Å². The molecule has 8 heteroatoms. The highest BCUT2D eigenvalue weighted by Crippen LogP contribution is 2.22. The lowest BCUT2D eigenvalue weighted by Crippen LogP contribution is -2.60. The first-order valence-electron chi connectivity index (χ1n) is 10.1. The number of benzene rings is 2. The topological polar surface area (TPSA) is 95.9 Å². The summed E-state index contributed by atoms with van der Waals surface area (Å²) in [5.74, 6) is -0.474. The zero-order valence-electron chi connectivity index (χ0n) is 17.1. The molecule has 2 aromatic carbocycles. The number of carboxylic acid groups (broad SMARTS) is 1. The van der Waals surface area contributed by atoms with Crippen molar-refractivity contribution in [2.24, 2.45) is 0 Å². The van der Waals surface area contributed by atoms with Gasteiger partial charge in [0.25, 0.3) is 0 Å². The standard InChI is InChI=1S/C22H28N2O5S/c1-22(21(25)26,24-14-6-3-7-15-24)17-23-30(27,28)20-12-10-19(11-13-20)29-16-18-8-4-2-5-9-18/h2,4-5,8-13,23H,3,6-7,14-17H2,1H3,(H,25,26)/t22-/m0/s1. The first-order chi connectivity index (χ1) is 14.3. The Morgan fingerprint density at radius 1 is 1.07 bits per heavy atom. The van der Waals surface area contributed by atoms with Gasteiger partial charge >= 0.3 is 5.97 Å². The Morgan fingerprint density at radius 2 is 1.70 bits per heavy atom. The van der Waals surface area contributed by atoms with Gasteiger partial charge in [-0.3, -0.25) is 9.69 Å². The van der Waals surface area contributed by atoms with E-state index in [9.17, 15) is 18.3 Å². The van der Waals surface area contributed by atoms with Crippen LogP contribution in [0.4, 0.5) is 0 Å². The third-order valence-electron chi connectivity index (χ3n) is 5.50. The van der Waals surface area contributed by atoms with Gasteiger partial charge in [0, 0.05) is 6.54 Å². The Balaban J connectivity index is 1.63. The van der Waals surface area contributed by atoms with Crippen molar-refractivity contribution in [3.8, 4) is 5.75 Å². The highest BCUT2D eigenvalue weighted by molar-refractivity contribution is 7.89. The molecule has 2 aromatic rings. The first-order valence-corrected chi connectivity index (χ1v) is 11.5. The highest BCUT2D eigenvalue weighted by Gasteiger charge is 2.41. The van der Waals surface area contributed by atoms with Gasteiger partial charge in [0.15, 0.2) is 0 Å². The number of hydrogen-bond acceptors (Lipinski definition) is 5. The molecule has 162 valence electrons. The molecule has 0 aromatic heterocycles. The summed E-state index contributed by atoms with van der Waals surface area (Å²) in [6.07, 6.45) is 2.90. The molecule has 1 saturated heterocycles. The monoisotopic (exact) mass is 432 g/mol. The van der Waals surface area contributed by atoms with Gasteiger partial charge in [-0.2, -0.15) is 0 Å². The van der Waals surface area contributed by atoms with Crippen LogP contribution in [0.5, 0.6) is 5.75 Å². The number of carbonyl (C=O) groups is 1. The van der Waals surface area contributed by atoms with Crippen LogP contribution in [0, 0.1) is 0 Å². The summed E-state index contributed by atoms with van der Waals surface area (Å²) >= 11 is 0. The van der Waals surface area contributed by atoms with Crippen LogP contribution in [0.3, 0.4) is 0 Å². The second-order valence-electron chi connectivity index (χ2n) is 7.70. The van der Waals surface area contributed by atoms with Gasteiger partial charge in [-0.25, -0.2) is 13.1 Å². The molecular weight excluding hydrogens is 404 g/mol. The van der Waals surface area contributed by atoms with Crippen molar-refractivity contribution in [3.63, 3.8) is 0 Å². The van der Waals surface area contributed by atoms with E-state index in [4.69, 9.17) is 4.74 Å². The molecule has 3 rings (SSSR count). The molecule has 0 unspecified atom stereocenters. The lowest BCUT2D eigenvalue weighted by atomic mass is 9.97. The summed E-state index contributed by atoms with van der Waals surface area (Å²) in [7, 11) is -3.85. The van der Waals surface area contributed by atoms with Crippen LogP contribution in [0.25, 0.3) is 0 Å². The predicted molar refractivity (Wildman–Crippen MR) is 114 cm³/mol. The first kappa shape index (κ1) is 22.3. The normalized spacial score (nSPS) is 17.2. The molecule has 0 bridgehead atoms. The minimum Gasteiger partial charge on any atom is -0.489 e. The zero-order chi connectivity index (χ0) is 21.6. The van der Waals surface area contributed by atoms with Crippen molar-refractivity contribution in [2.45, 2.75) is 43.2 Å². The van der Waals surface area contributed by atoms with Gasteiger partial charge in [-0.05, 0) is 62.7 Å². The smallest absolute Gasteiger partial charge is 0.325 e. The number of rotatable bonds is 9. The number of hydrogen-bond donors (Lipinski definition) is 2. The number of nitrogens with zero attached hydrogens (tertiary/aromatic N) is 1. The van der Waals surface area contributed by atoms with E-state index in [1.807, 2.05) is 35.2 Å². The van der Waals surface area contributed by atoms with Gasteiger partial charge in [-0.15, -0.1) is 0 Å². The van der Waals surface area contributed by atoms with Crippen molar-refractivity contribution in [1.82, 2.24) is 9.62 Å². The summed E-state index contributed by atoms with van der Waals surface area (Å²) in [5.41, 5.74) is -0.270. The van der Waals surface area contributed by atoms with Gasteiger partial charge in [0.1, 0.15) is 17.9 Å². The molecule has 1 atom stereocenters. The minimum absolute atomic E-state index is 0.0703. The van der Waals surface area contributed by atoms with Crippen molar-refractivity contribution >= 4 is 16.0 Å². The fourth-order valence-electron chi connectivity index (χ4n) is 3.48. The second-order valence-corrected chi connectivity index (χ2v) is 9.46. The summed E-state index contributed by atoms with van der Waals surface area (Å²) in [6, 6.07) is 15.8. The number of sulfonamides is 1. The molecule has 0 spiro atoms. The number of aliphatic carboxylic acids is 1. The van der Waals surface area contributed by atoms with E-state index >= 15 is 0 Å². The molecule has 30 heavy (non-hydrogen) atoms. The maximum Gasteiger partial charge on any atom is 0.325 e. The predicted octanol–water partition coefficient (Wildman–Crippen LogP) is 2.87. The molecule has 0 aliphatic carbocycles. The molecule has 2 N–H and O–H groups in total. The average molecular weight is 433 g/mol. The number of likely N-dealkylation sites (tertiary alicyclic amines) is 1. The van der Waals surface area contributed by atoms with E-state index in [0.717, 1.165) is 24.8 Å². The number of piperidine rings is 1. The molecule has 0 amide bonds. The van der Waals surface area contributed by atoms with E-state index in [0.29, 0.717) is 25.4 Å². The SMILES string of the molecule is C[C@](CNS(=O)(=O)c1ccc(OCc2ccccc2)cc1)(C(=O)O)N1CCCCC1. The molecule has 0 radical (unpaired) electrons. The van der Waals surface area contributed by atoms with Crippen molar-refractivity contribution in [2.75, 3.05) is 19.6 Å². The lowest BCUT2D eigenvalue weighted by Gasteiger charge is -2.40. The Hall–Kier alpha value is -2.42. The van der Waals surface area contributed by atoms with E-state index in [1.54, 1.807) is 19.1 Å². The Kier molecular flexibility index (Phi) is 7.12. The maximum atomic E-state index is 12.7. The van der Waals surface area contributed by atoms with Crippen molar-refractivity contribution in [3.05, 3.63) is 60.2 Å². The van der Waals surface area contributed by atoms with Gasteiger partial charge < -0.3 is 9.84 Å². The average Bonchev–Trinajstić information content (AvgIpc) is 2.77. The van der Waals surface area contributed by atoms with Crippen molar-refractivity contribution in [1.29, 1.82) is 0 Å². The molecule has 7 nitrogen and oxygen atoms in total. The molecule has 1 heterocycles. The third kappa shape index (κ3) is 5.38. The summed E-state index contributed by atoms with van der Waals surface area (Å²) in [6.45, 7) is 3.06. The minimum atomic E-state index is -3.85. The van der Waals surface area contributed by atoms with Crippen LogP contribution >= 0.6 is 0 Å². The van der Waals surface area contributed by atoms with Crippen LogP contribution in [-0.2, 0) is 21.4 Å². The molecule has 1 aliphatic heterocycles. The maximum absolute atomic E-state index is 12.7. The Morgan fingerprint density at radius 3 is 2.30 bits per heavy atom. The van der Waals surface area contributed by atoms with Crippen LogP contribution in [0.2, 0.25) is 0 Å². The highest BCUT2D eigenvalue weighted by atomic mass is 32.2. The summed E-state index contributed by atoms with van der Waals surface area (Å²) in [4.78, 5) is 13.8. The zero-order valence-corrected chi connectivity index (χ0v) is 17.9. The van der Waals surface area contributed by atoms with Crippen LogP contribution in [-0.4, -0.2) is 49.6 Å². The molecule has 0 saturated carbocycles. The van der Waals surface area contributed by atoms with E-state index in [-0.39, 0.29) is 11.4 Å². The molecular formula is C22H28N2O5S. The summed E-state index contributed by atoms with van der Waals surface area (Å²) in [5, 5.41) is 9.75. The Labute approximate surface area is 177 Å². The van der Waals surface area contributed by atoms with E-state index in [1.165, 1.54) is 12.1 Å². The van der Waals surface area contributed by atoms with Gasteiger partial charge in [0.2, 0.25) is 10.0 Å². The quantitative estimate of drug-likeness (QED) is 0.633. The second kappa shape index (κ2) is 9.59. The molecule has 1 fully saturated rings. The van der Waals surface area contributed by atoms with E-state index < -0.39 is 21.5 Å². The number of nitrogens with one attached hydrogen (secondary N) is 1. The van der Waals surface area contributed by atoms with Crippen LogP contribution in [0.15, 0.2) is 59.5 Å². The number of ether oxygens (including phenoxy) is 1. The summed E-state index contributed by atoms with van der Waals surface area (Å²) < 4.78 is 33.6. The van der Waals surface area contributed by atoms with Crippen LogP contribution < -0.4 is 9.46 Å². The van der Waals surface area contributed by atoms with Gasteiger partial charge in [-0.1, -0.05) is 36.8 Å². The fraction of sp³-hybridized carbons (Fsp3) is 0.409. The largest absolute Gasteiger partial charge is 0.489 e. The fourth-order valence-corrected chi connectivity index (χ4v) is 4.62. The molecule has 1 aliphatic rings. The Bertz CT molecular complexity index is 941. The van der Waals surface area contributed by atoms with Crippen molar-refractivity contribution < 1.29 is 23.1 Å². The van der Waals surface area contributed by atoms with Crippen LogP contribution in [0.1, 0.15) is 31.7 Å². The van der Waals surface area contributed by atoms with E-state index in [2.05, 4.69) is 4.72 Å². The number of carboxylic acids is 1. The third-order valence-corrected chi connectivity index (χ3v) is 6.92.